The highest BCUT2D eigenvalue weighted by Gasteiger charge is 2.36. The molecular formula is C11H15F3O4S. The summed E-state index contributed by atoms with van der Waals surface area (Å²) in [6, 6.07) is 0. The fraction of sp³-hybridized carbons (Fsp3) is 0.727. The summed E-state index contributed by atoms with van der Waals surface area (Å²) in [5.74, 6) is 2.27. The van der Waals surface area contributed by atoms with Gasteiger partial charge in [0.15, 0.2) is 9.84 Å². The molecule has 1 unspecified atom stereocenters. The third-order valence-corrected chi connectivity index (χ3v) is 3.85. The number of esters is 1. The van der Waals surface area contributed by atoms with Gasteiger partial charge in [-0.2, -0.15) is 13.2 Å². The van der Waals surface area contributed by atoms with E-state index in [2.05, 4.69) is 16.6 Å². The minimum absolute atomic E-state index is 0.349. The first-order valence-electron chi connectivity index (χ1n) is 5.48. The molecule has 0 bridgehead atoms. The second-order valence-corrected chi connectivity index (χ2v) is 5.91. The van der Waals surface area contributed by atoms with Crippen LogP contribution in [0.15, 0.2) is 0 Å². The highest BCUT2D eigenvalue weighted by atomic mass is 32.2. The van der Waals surface area contributed by atoms with Crippen LogP contribution in [0, 0.1) is 11.8 Å². The molecule has 0 aromatic rings. The van der Waals surface area contributed by atoms with Crippen molar-refractivity contribution in [3.63, 3.8) is 0 Å². The van der Waals surface area contributed by atoms with E-state index in [0.717, 1.165) is 7.11 Å². The Morgan fingerprint density at radius 3 is 2.37 bits per heavy atom. The molecule has 0 aromatic heterocycles. The number of ether oxygens (including phenoxy) is 1. The van der Waals surface area contributed by atoms with Crippen molar-refractivity contribution in [1.29, 1.82) is 0 Å². The zero-order valence-corrected chi connectivity index (χ0v) is 11.4. The van der Waals surface area contributed by atoms with Crippen LogP contribution in [0.5, 0.6) is 0 Å². The molecule has 0 spiro atoms. The highest BCUT2D eigenvalue weighted by Crippen LogP contribution is 2.21. The van der Waals surface area contributed by atoms with Crippen LogP contribution in [0.2, 0.25) is 0 Å². The Labute approximate surface area is 110 Å². The molecule has 19 heavy (non-hydrogen) atoms. The molecule has 0 N–H and O–H groups in total. The molecule has 0 aromatic carbocycles. The topological polar surface area (TPSA) is 60.4 Å². The summed E-state index contributed by atoms with van der Waals surface area (Å²) in [7, 11) is -3.36. The Morgan fingerprint density at radius 2 is 1.95 bits per heavy atom. The van der Waals surface area contributed by atoms with Crippen molar-refractivity contribution in [3.8, 4) is 11.8 Å². The molecule has 0 saturated carbocycles. The van der Waals surface area contributed by atoms with Gasteiger partial charge in [0.05, 0.1) is 19.3 Å². The number of methoxy groups -OCH3 is 1. The maximum Gasteiger partial charge on any atom is 0.390 e. The Balaban J connectivity index is 5.05. The summed E-state index contributed by atoms with van der Waals surface area (Å²) in [4.78, 5) is 11.3. The molecule has 0 rings (SSSR count). The van der Waals surface area contributed by atoms with Crippen LogP contribution in [-0.2, 0) is 19.4 Å². The van der Waals surface area contributed by atoms with E-state index in [-0.39, 0.29) is 0 Å². The number of carbonyl (C=O) groups excluding carboxylic acids is 1. The number of carbonyl (C=O) groups is 1. The Kier molecular flexibility index (Phi) is 6.90. The van der Waals surface area contributed by atoms with Gasteiger partial charge in [-0.25, -0.2) is 13.2 Å². The lowest BCUT2D eigenvalue weighted by Gasteiger charge is -2.11. The largest absolute Gasteiger partial charge is 0.467 e. The lowest BCUT2D eigenvalue weighted by atomic mass is 10.3. The second-order valence-electron chi connectivity index (χ2n) is 3.71. The van der Waals surface area contributed by atoms with Crippen molar-refractivity contribution in [2.24, 2.45) is 0 Å². The molecule has 8 heteroatoms. The van der Waals surface area contributed by atoms with Gasteiger partial charge in [-0.15, -0.1) is 5.92 Å². The number of sulfone groups is 1. The fourth-order valence-corrected chi connectivity index (χ4v) is 2.47. The van der Waals surface area contributed by atoms with Crippen LogP contribution in [0.1, 0.15) is 26.2 Å². The van der Waals surface area contributed by atoms with Crippen LogP contribution in [-0.4, -0.2) is 38.7 Å². The lowest BCUT2D eigenvalue weighted by molar-refractivity contribution is -0.139. The fourth-order valence-electron chi connectivity index (χ4n) is 1.07. The molecular weight excluding hydrogens is 285 g/mol. The monoisotopic (exact) mass is 300 g/mol. The van der Waals surface area contributed by atoms with Gasteiger partial charge in [-0.05, 0) is 6.42 Å². The number of hydrogen-bond donors (Lipinski definition) is 0. The van der Waals surface area contributed by atoms with E-state index in [9.17, 15) is 26.4 Å². The quantitative estimate of drug-likeness (QED) is 0.573. The molecule has 0 radical (unpaired) electrons. The van der Waals surface area contributed by atoms with E-state index >= 15 is 0 Å². The number of unbranched alkanes of at least 4 members (excludes halogenated alkanes) is 1. The lowest BCUT2D eigenvalue weighted by Crippen LogP contribution is -2.33. The minimum atomic E-state index is -4.61. The Morgan fingerprint density at radius 1 is 1.37 bits per heavy atom. The van der Waals surface area contributed by atoms with Crippen molar-refractivity contribution < 1.29 is 31.1 Å². The van der Waals surface area contributed by atoms with Crippen molar-refractivity contribution >= 4 is 15.8 Å². The maximum atomic E-state index is 12.0. The number of rotatable bonds is 5. The molecule has 0 aliphatic carbocycles. The van der Waals surface area contributed by atoms with Gasteiger partial charge in [0.25, 0.3) is 0 Å². The van der Waals surface area contributed by atoms with Crippen LogP contribution in [0.25, 0.3) is 0 Å². The SMILES string of the molecule is CCCC#CC(C(=O)OC)S(=O)(=O)CCC(F)(F)F. The average Bonchev–Trinajstić information content (AvgIpc) is 2.30. The van der Waals surface area contributed by atoms with E-state index in [1.807, 2.05) is 0 Å². The number of halogens is 3. The summed E-state index contributed by atoms with van der Waals surface area (Å²) in [6.45, 7) is 1.79. The smallest absolute Gasteiger partial charge is 0.390 e. The van der Waals surface area contributed by atoms with Gasteiger partial charge >= 0.3 is 12.1 Å². The van der Waals surface area contributed by atoms with Gasteiger partial charge in [0, 0.05) is 6.42 Å². The molecule has 1 atom stereocenters. The van der Waals surface area contributed by atoms with E-state index in [0.29, 0.717) is 12.8 Å². The first-order valence-corrected chi connectivity index (χ1v) is 7.20. The normalized spacial score (nSPS) is 13.3. The van der Waals surface area contributed by atoms with Crippen molar-refractivity contribution in [2.45, 2.75) is 37.6 Å². The molecule has 0 fully saturated rings. The first-order chi connectivity index (χ1) is 8.64. The van der Waals surface area contributed by atoms with Crippen LogP contribution in [0.4, 0.5) is 13.2 Å². The zero-order valence-electron chi connectivity index (χ0n) is 10.6. The zero-order chi connectivity index (χ0) is 15.1. The highest BCUT2D eigenvalue weighted by molar-refractivity contribution is 7.93. The standard InChI is InChI=1S/C11H15F3O4S/c1-3-4-5-6-9(10(15)18-2)19(16,17)8-7-11(12,13)14/h9H,3-4,7-8H2,1-2H3. The Bertz CT molecular complexity index is 457. The van der Waals surface area contributed by atoms with E-state index < -0.39 is 39.4 Å². The number of hydrogen-bond acceptors (Lipinski definition) is 4. The summed E-state index contributed by atoms with van der Waals surface area (Å²) < 4.78 is 63.7. The molecule has 0 aliphatic heterocycles. The summed E-state index contributed by atoms with van der Waals surface area (Å²) in [5, 5.41) is -1.86. The van der Waals surface area contributed by atoms with Crippen molar-refractivity contribution in [3.05, 3.63) is 0 Å². The van der Waals surface area contributed by atoms with Crippen molar-refractivity contribution in [2.75, 3.05) is 12.9 Å². The molecule has 0 heterocycles. The first kappa shape index (κ1) is 17.8. The molecule has 0 aliphatic rings. The summed E-state index contributed by atoms with van der Waals surface area (Å²) >= 11 is 0. The van der Waals surface area contributed by atoms with Gasteiger partial charge < -0.3 is 4.74 Å². The summed E-state index contributed by atoms with van der Waals surface area (Å²) in [6.07, 6.45) is -5.13. The summed E-state index contributed by atoms with van der Waals surface area (Å²) in [5.41, 5.74) is 0. The van der Waals surface area contributed by atoms with Crippen LogP contribution in [0.3, 0.4) is 0 Å². The van der Waals surface area contributed by atoms with E-state index in [4.69, 9.17) is 0 Å². The molecule has 4 nitrogen and oxygen atoms in total. The third-order valence-electron chi connectivity index (χ3n) is 2.05. The van der Waals surface area contributed by atoms with Gasteiger partial charge in [0.1, 0.15) is 0 Å². The number of alkyl halides is 3. The maximum absolute atomic E-state index is 12.0. The molecule has 0 amide bonds. The van der Waals surface area contributed by atoms with Gasteiger partial charge in [0.2, 0.25) is 5.25 Å². The van der Waals surface area contributed by atoms with Crippen LogP contribution >= 0.6 is 0 Å². The van der Waals surface area contributed by atoms with E-state index in [1.165, 1.54) is 0 Å². The average molecular weight is 300 g/mol. The predicted molar refractivity (Wildman–Crippen MR) is 62.9 cm³/mol. The van der Waals surface area contributed by atoms with Crippen LogP contribution < -0.4 is 0 Å². The third kappa shape index (κ3) is 7.06. The van der Waals surface area contributed by atoms with E-state index in [1.54, 1.807) is 6.92 Å². The van der Waals surface area contributed by atoms with Crippen molar-refractivity contribution in [1.82, 2.24) is 0 Å². The molecule has 110 valence electrons. The second kappa shape index (κ2) is 7.38. The Hall–Kier alpha value is -1.23. The van der Waals surface area contributed by atoms with Gasteiger partial charge in [-0.3, -0.25) is 0 Å². The van der Waals surface area contributed by atoms with Gasteiger partial charge in [-0.1, -0.05) is 12.8 Å². The molecule has 0 saturated heterocycles. The minimum Gasteiger partial charge on any atom is -0.467 e. The predicted octanol–water partition coefficient (Wildman–Crippen LogP) is 1.70.